The molecular formula is C15H17N5O. The van der Waals surface area contributed by atoms with Gasteiger partial charge >= 0.3 is 0 Å². The van der Waals surface area contributed by atoms with Crippen molar-refractivity contribution in [3.05, 3.63) is 51.4 Å². The summed E-state index contributed by atoms with van der Waals surface area (Å²) in [6.07, 6.45) is 4.26. The second-order valence-electron chi connectivity index (χ2n) is 5.12. The number of nitrogens with one attached hydrogen (secondary N) is 2. The second kappa shape index (κ2) is 5.87. The molecule has 0 saturated carbocycles. The van der Waals surface area contributed by atoms with Gasteiger partial charge in [0.25, 0.3) is 5.56 Å². The van der Waals surface area contributed by atoms with Gasteiger partial charge in [0.2, 0.25) is 5.95 Å². The fraction of sp³-hybridized carbons (Fsp3) is 0.333. The maximum absolute atomic E-state index is 11.5. The average molecular weight is 283 g/mol. The summed E-state index contributed by atoms with van der Waals surface area (Å²) in [6, 6.07) is 8.31. The quantitative estimate of drug-likeness (QED) is 0.652. The van der Waals surface area contributed by atoms with Crippen LogP contribution in [-0.2, 0) is 6.42 Å². The number of aromatic nitrogens is 3. The minimum atomic E-state index is -0.256. The van der Waals surface area contributed by atoms with E-state index in [1.165, 1.54) is 11.1 Å². The molecule has 108 valence electrons. The van der Waals surface area contributed by atoms with Crippen molar-refractivity contribution < 1.29 is 0 Å². The zero-order valence-corrected chi connectivity index (χ0v) is 11.9. The van der Waals surface area contributed by atoms with Crippen LogP contribution in [-0.4, -0.2) is 20.9 Å². The van der Waals surface area contributed by atoms with Crippen LogP contribution in [0.3, 0.4) is 0 Å². The van der Waals surface area contributed by atoms with E-state index < -0.39 is 0 Å². The van der Waals surface area contributed by atoms with Crippen LogP contribution in [0.1, 0.15) is 36.1 Å². The van der Waals surface area contributed by atoms with Crippen molar-refractivity contribution >= 4 is 11.7 Å². The minimum absolute atomic E-state index is 0.256. The summed E-state index contributed by atoms with van der Waals surface area (Å²) in [5.41, 5.74) is 6.38. The Bertz CT molecular complexity index is 735. The molecule has 0 radical (unpaired) electrons. The molecule has 2 N–H and O–H groups in total. The Hall–Kier alpha value is -2.50. The molecule has 1 aromatic carbocycles. The minimum Gasteiger partial charge on any atom is -0.288 e. The molecular weight excluding hydrogens is 266 g/mol. The van der Waals surface area contributed by atoms with Gasteiger partial charge in [-0.05, 0) is 38.2 Å². The summed E-state index contributed by atoms with van der Waals surface area (Å²) < 4.78 is 0. The SMILES string of the molecule is Cc1nnc(N/N=C2\CCCCc3ccccc32)[nH]c1=O. The predicted molar refractivity (Wildman–Crippen MR) is 81.5 cm³/mol. The fourth-order valence-electron chi connectivity index (χ4n) is 2.44. The summed E-state index contributed by atoms with van der Waals surface area (Å²) >= 11 is 0. The zero-order chi connectivity index (χ0) is 14.7. The molecule has 0 aliphatic heterocycles. The molecule has 0 unspecified atom stereocenters. The number of H-pyrrole nitrogens is 1. The first-order chi connectivity index (χ1) is 10.2. The maximum Gasteiger partial charge on any atom is 0.274 e. The summed E-state index contributed by atoms with van der Waals surface area (Å²) in [6.45, 7) is 1.61. The Morgan fingerprint density at radius 2 is 2.00 bits per heavy atom. The highest BCUT2D eigenvalue weighted by atomic mass is 16.1. The predicted octanol–water partition coefficient (Wildman–Crippen LogP) is 2.02. The Morgan fingerprint density at radius 1 is 1.19 bits per heavy atom. The molecule has 0 atom stereocenters. The molecule has 6 heteroatoms. The van der Waals surface area contributed by atoms with Crippen LogP contribution in [0.15, 0.2) is 34.2 Å². The second-order valence-corrected chi connectivity index (χ2v) is 5.12. The van der Waals surface area contributed by atoms with Crippen LogP contribution in [0.25, 0.3) is 0 Å². The first-order valence-corrected chi connectivity index (χ1v) is 7.08. The lowest BCUT2D eigenvalue weighted by Gasteiger charge is -2.07. The smallest absolute Gasteiger partial charge is 0.274 e. The van der Waals surface area contributed by atoms with Gasteiger partial charge in [-0.1, -0.05) is 24.3 Å². The molecule has 0 saturated heterocycles. The van der Waals surface area contributed by atoms with Gasteiger partial charge in [0.15, 0.2) is 0 Å². The largest absolute Gasteiger partial charge is 0.288 e. The Kier molecular flexibility index (Phi) is 3.77. The molecule has 3 rings (SSSR count). The number of rotatable bonds is 2. The first-order valence-electron chi connectivity index (χ1n) is 7.08. The maximum atomic E-state index is 11.5. The van der Waals surface area contributed by atoms with E-state index in [0.29, 0.717) is 5.69 Å². The molecule has 1 aliphatic rings. The van der Waals surface area contributed by atoms with E-state index in [4.69, 9.17) is 0 Å². The highest BCUT2D eigenvalue weighted by Crippen LogP contribution is 2.20. The van der Waals surface area contributed by atoms with Crippen LogP contribution in [0.5, 0.6) is 0 Å². The van der Waals surface area contributed by atoms with Gasteiger partial charge in [0.05, 0.1) is 5.71 Å². The van der Waals surface area contributed by atoms with Crippen molar-refractivity contribution in [2.24, 2.45) is 5.10 Å². The number of fused-ring (bicyclic) bond motifs is 1. The van der Waals surface area contributed by atoms with Gasteiger partial charge in [-0.15, -0.1) is 10.2 Å². The standard InChI is InChI=1S/C15H17N5O/c1-10-14(21)16-15(19-17-10)20-18-13-9-5-3-7-11-6-2-4-8-12(11)13/h2,4,6,8H,3,5,7,9H2,1H3,(H2,16,19,20,21)/b18-13+. The average Bonchev–Trinajstić information content (AvgIpc) is 2.71. The first kappa shape index (κ1) is 13.5. The van der Waals surface area contributed by atoms with Gasteiger partial charge < -0.3 is 0 Å². The summed E-state index contributed by atoms with van der Waals surface area (Å²) in [4.78, 5) is 14.1. The van der Waals surface area contributed by atoms with E-state index in [0.717, 1.165) is 31.4 Å². The summed E-state index contributed by atoms with van der Waals surface area (Å²) in [5.74, 6) is 0.264. The van der Waals surface area contributed by atoms with Gasteiger partial charge in [0, 0.05) is 5.56 Å². The molecule has 0 bridgehead atoms. The van der Waals surface area contributed by atoms with E-state index in [2.05, 4.69) is 43.9 Å². The normalized spacial score (nSPS) is 16.3. The van der Waals surface area contributed by atoms with E-state index in [-0.39, 0.29) is 11.5 Å². The third-order valence-corrected chi connectivity index (χ3v) is 3.60. The third kappa shape index (κ3) is 2.99. The van der Waals surface area contributed by atoms with Gasteiger partial charge in [0.1, 0.15) is 5.69 Å². The number of benzene rings is 1. The summed E-state index contributed by atoms with van der Waals surface area (Å²) in [5, 5.41) is 12.1. The van der Waals surface area contributed by atoms with Crippen LogP contribution < -0.4 is 11.0 Å². The number of hydrazone groups is 1. The van der Waals surface area contributed by atoms with Gasteiger partial charge in [-0.2, -0.15) is 5.10 Å². The van der Waals surface area contributed by atoms with Crippen molar-refractivity contribution in [2.45, 2.75) is 32.6 Å². The van der Waals surface area contributed by atoms with Gasteiger partial charge in [-0.3, -0.25) is 9.78 Å². The Labute approximate surface area is 122 Å². The van der Waals surface area contributed by atoms with Crippen molar-refractivity contribution in [1.82, 2.24) is 15.2 Å². The van der Waals surface area contributed by atoms with Crippen molar-refractivity contribution in [2.75, 3.05) is 5.43 Å². The monoisotopic (exact) mass is 283 g/mol. The lowest BCUT2D eigenvalue weighted by molar-refractivity contribution is 0.775. The van der Waals surface area contributed by atoms with E-state index in [1.54, 1.807) is 6.92 Å². The van der Waals surface area contributed by atoms with E-state index in [1.807, 2.05) is 6.07 Å². The number of hydrogen-bond acceptors (Lipinski definition) is 5. The van der Waals surface area contributed by atoms with Crippen molar-refractivity contribution in [3.8, 4) is 0 Å². The van der Waals surface area contributed by atoms with Gasteiger partial charge in [-0.25, -0.2) is 5.43 Å². The molecule has 1 aliphatic carbocycles. The lowest BCUT2D eigenvalue weighted by Crippen LogP contribution is -2.16. The number of aryl methyl sites for hydroxylation is 2. The van der Waals surface area contributed by atoms with Crippen molar-refractivity contribution in [3.63, 3.8) is 0 Å². The number of nitrogens with zero attached hydrogens (tertiary/aromatic N) is 3. The number of anilines is 1. The Morgan fingerprint density at radius 3 is 2.86 bits per heavy atom. The molecule has 0 amide bonds. The molecule has 21 heavy (non-hydrogen) atoms. The molecule has 0 spiro atoms. The highest BCUT2D eigenvalue weighted by molar-refractivity contribution is 6.02. The van der Waals surface area contributed by atoms with Crippen LogP contribution in [0.2, 0.25) is 0 Å². The van der Waals surface area contributed by atoms with Crippen molar-refractivity contribution in [1.29, 1.82) is 0 Å². The fourth-order valence-corrected chi connectivity index (χ4v) is 2.44. The molecule has 0 fully saturated rings. The third-order valence-electron chi connectivity index (χ3n) is 3.60. The van der Waals surface area contributed by atoms with E-state index >= 15 is 0 Å². The molecule has 6 nitrogen and oxygen atoms in total. The van der Waals surface area contributed by atoms with Crippen LogP contribution in [0, 0.1) is 6.92 Å². The summed E-state index contributed by atoms with van der Waals surface area (Å²) in [7, 11) is 0. The highest BCUT2D eigenvalue weighted by Gasteiger charge is 2.13. The molecule has 2 aromatic rings. The zero-order valence-electron chi connectivity index (χ0n) is 11.9. The van der Waals surface area contributed by atoms with Crippen LogP contribution in [0.4, 0.5) is 5.95 Å². The number of hydrogen-bond donors (Lipinski definition) is 2. The van der Waals surface area contributed by atoms with Crippen LogP contribution >= 0.6 is 0 Å². The van der Waals surface area contributed by atoms with E-state index in [9.17, 15) is 4.79 Å². The topological polar surface area (TPSA) is 83.0 Å². The molecule has 1 heterocycles. The Balaban J connectivity index is 1.88. The lowest BCUT2D eigenvalue weighted by atomic mass is 10.0. The molecule has 1 aromatic heterocycles. The number of aromatic amines is 1.